The van der Waals surface area contributed by atoms with Crippen molar-refractivity contribution in [1.29, 1.82) is 0 Å². The summed E-state index contributed by atoms with van der Waals surface area (Å²) >= 11 is 0. The highest BCUT2D eigenvalue weighted by molar-refractivity contribution is 14.0. The first kappa shape index (κ1) is 24.5. The summed E-state index contributed by atoms with van der Waals surface area (Å²) < 4.78 is 5.23. The molecule has 7 heteroatoms. The zero-order valence-electron chi connectivity index (χ0n) is 17.6. The lowest BCUT2D eigenvalue weighted by Crippen LogP contribution is -2.48. The number of halogens is 1. The molecule has 0 aliphatic carbocycles. The highest BCUT2D eigenvalue weighted by Crippen LogP contribution is 2.20. The van der Waals surface area contributed by atoms with Crippen LogP contribution in [0.4, 0.5) is 0 Å². The number of piperidine rings is 2. The lowest BCUT2D eigenvalue weighted by Gasteiger charge is -2.36. The van der Waals surface area contributed by atoms with Crippen LogP contribution in [0, 0.1) is 11.8 Å². The van der Waals surface area contributed by atoms with E-state index in [1.54, 1.807) is 0 Å². The molecular formula is C20H39IN4O2. The molecule has 6 nitrogen and oxygen atoms in total. The van der Waals surface area contributed by atoms with Gasteiger partial charge in [-0.15, -0.1) is 24.0 Å². The molecule has 2 fully saturated rings. The van der Waals surface area contributed by atoms with E-state index in [4.69, 9.17) is 9.73 Å². The molecule has 158 valence electrons. The zero-order valence-corrected chi connectivity index (χ0v) is 19.9. The van der Waals surface area contributed by atoms with Gasteiger partial charge in [-0.25, -0.2) is 0 Å². The van der Waals surface area contributed by atoms with Crippen molar-refractivity contribution in [2.45, 2.75) is 59.4 Å². The smallest absolute Gasteiger partial charge is 0.310 e. The Kier molecular flexibility index (Phi) is 11.6. The number of carbonyl (C=O) groups excluding carboxylic acids is 1. The number of likely N-dealkylation sites (tertiary alicyclic amines) is 2. The largest absolute Gasteiger partial charge is 0.466 e. The second-order valence-corrected chi connectivity index (χ2v) is 7.83. The maximum absolute atomic E-state index is 12.1. The first-order valence-corrected chi connectivity index (χ1v) is 10.5. The first-order chi connectivity index (χ1) is 12.5. The molecule has 2 heterocycles. The second kappa shape index (κ2) is 12.8. The topological polar surface area (TPSA) is 57.2 Å². The van der Waals surface area contributed by atoms with E-state index in [-0.39, 0.29) is 35.9 Å². The van der Waals surface area contributed by atoms with Gasteiger partial charge in [0.15, 0.2) is 5.96 Å². The zero-order chi connectivity index (χ0) is 18.9. The summed E-state index contributed by atoms with van der Waals surface area (Å²) in [7, 11) is 0. The Bertz CT molecular complexity index is 473. The third-order valence-electron chi connectivity index (χ3n) is 5.46. The Labute approximate surface area is 182 Å². The molecule has 2 rings (SSSR count). The normalized spacial score (nSPS) is 24.5. The number of ether oxygens (including phenoxy) is 1. The van der Waals surface area contributed by atoms with Crippen LogP contribution in [0.25, 0.3) is 0 Å². The van der Waals surface area contributed by atoms with E-state index in [1.807, 2.05) is 6.92 Å². The van der Waals surface area contributed by atoms with Gasteiger partial charge in [-0.05, 0) is 65.8 Å². The van der Waals surface area contributed by atoms with Crippen molar-refractivity contribution in [1.82, 2.24) is 15.1 Å². The van der Waals surface area contributed by atoms with Crippen molar-refractivity contribution in [2.24, 2.45) is 16.8 Å². The lowest BCUT2D eigenvalue weighted by molar-refractivity contribution is -0.149. The fourth-order valence-corrected chi connectivity index (χ4v) is 3.98. The molecule has 2 saturated heterocycles. The van der Waals surface area contributed by atoms with Gasteiger partial charge in [-0.2, -0.15) is 0 Å². The molecule has 0 bridgehead atoms. The van der Waals surface area contributed by atoms with Gasteiger partial charge in [0.05, 0.1) is 12.5 Å². The molecule has 2 atom stereocenters. The third-order valence-corrected chi connectivity index (χ3v) is 5.46. The first-order valence-electron chi connectivity index (χ1n) is 10.5. The summed E-state index contributed by atoms with van der Waals surface area (Å²) in [4.78, 5) is 21.9. The van der Waals surface area contributed by atoms with Crippen LogP contribution in [0.3, 0.4) is 0 Å². The number of esters is 1. The summed E-state index contributed by atoms with van der Waals surface area (Å²) in [6.45, 7) is 14.7. The maximum Gasteiger partial charge on any atom is 0.310 e. The van der Waals surface area contributed by atoms with Crippen molar-refractivity contribution < 1.29 is 9.53 Å². The highest BCUT2D eigenvalue weighted by atomic mass is 127. The number of rotatable bonds is 6. The molecular weight excluding hydrogens is 455 g/mol. The van der Waals surface area contributed by atoms with Crippen LogP contribution in [0.1, 0.15) is 53.4 Å². The molecule has 0 aromatic heterocycles. The van der Waals surface area contributed by atoms with E-state index in [9.17, 15) is 4.79 Å². The molecule has 0 saturated carbocycles. The summed E-state index contributed by atoms with van der Waals surface area (Å²) in [6, 6.07) is 0.613. The summed E-state index contributed by atoms with van der Waals surface area (Å²) in [6.07, 6.45) is 4.46. The van der Waals surface area contributed by atoms with Crippen LogP contribution in [0.2, 0.25) is 0 Å². The molecule has 2 aliphatic rings. The van der Waals surface area contributed by atoms with Crippen LogP contribution in [-0.4, -0.2) is 73.6 Å². The average molecular weight is 494 g/mol. The molecule has 0 radical (unpaired) electrons. The fourth-order valence-electron chi connectivity index (χ4n) is 3.98. The average Bonchev–Trinajstić information content (AvgIpc) is 2.65. The van der Waals surface area contributed by atoms with Gasteiger partial charge in [-0.1, -0.05) is 0 Å². The Morgan fingerprint density at radius 2 is 1.93 bits per heavy atom. The van der Waals surface area contributed by atoms with E-state index in [0.717, 1.165) is 45.0 Å². The molecule has 2 aliphatic heterocycles. The quantitative estimate of drug-likeness (QED) is 0.266. The fraction of sp³-hybridized carbons (Fsp3) is 0.900. The maximum atomic E-state index is 12.1. The van der Waals surface area contributed by atoms with Crippen molar-refractivity contribution in [3.05, 3.63) is 0 Å². The molecule has 0 amide bonds. The molecule has 0 aromatic rings. The minimum atomic E-state index is -0.0621. The van der Waals surface area contributed by atoms with Crippen molar-refractivity contribution in [3.63, 3.8) is 0 Å². The van der Waals surface area contributed by atoms with Gasteiger partial charge in [0, 0.05) is 38.8 Å². The van der Waals surface area contributed by atoms with E-state index in [1.165, 1.54) is 19.4 Å². The van der Waals surface area contributed by atoms with Crippen LogP contribution < -0.4 is 5.32 Å². The van der Waals surface area contributed by atoms with E-state index < -0.39 is 0 Å². The molecule has 0 spiro atoms. The molecule has 0 aromatic carbocycles. The molecule has 27 heavy (non-hydrogen) atoms. The van der Waals surface area contributed by atoms with E-state index in [0.29, 0.717) is 25.1 Å². The van der Waals surface area contributed by atoms with Crippen LogP contribution in [0.15, 0.2) is 4.99 Å². The molecule has 2 unspecified atom stereocenters. The van der Waals surface area contributed by atoms with Crippen LogP contribution >= 0.6 is 24.0 Å². The number of hydrogen-bond donors (Lipinski definition) is 1. The third kappa shape index (κ3) is 7.75. The van der Waals surface area contributed by atoms with Crippen LogP contribution in [-0.2, 0) is 9.53 Å². The van der Waals surface area contributed by atoms with Gasteiger partial charge in [0.1, 0.15) is 0 Å². The predicted octanol–water partition coefficient (Wildman–Crippen LogP) is 2.97. The standard InChI is InChI=1S/C20H38N4O2.HI/c1-5-21-20(22-13-17-9-7-11-23(14-17)16(3)4)24-12-8-10-18(15-24)19(25)26-6-2;/h16-18H,5-15H2,1-4H3,(H,21,22);1H. The Balaban J connectivity index is 0.00000364. The van der Waals surface area contributed by atoms with Gasteiger partial charge in [0.2, 0.25) is 0 Å². The second-order valence-electron chi connectivity index (χ2n) is 7.83. The minimum absolute atomic E-state index is 0. The Hall–Kier alpha value is -0.570. The Morgan fingerprint density at radius 3 is 2.59 bits per heavy atom. The SMILES string of the molecule is CCNC(=NCC1CCCN(C(C)C)C1)N1CCCC(C(=O)OCC)C1.I. The van der Waals surface area contributed by atoms with Crippen molar-refractivity contribution in [2.75, 3.05) is 45.9 Å². The van der Waals surface area contributed by atoms with Crippen LogP contribution in [0.5, 0.6) is 0 Å². The lowest BCUT2D eigenvalue weighted by atomic mass is 9.97. The predicted molar refractivity (Wildman–Crippen MR) is 122 cm³/mol. The summed E-state index contributed by atoms with van der Waals surface area (Å²) in [5.74, 6) is 1.50. The number of hydrogen-bond acceptors (Lipinski definition) is 4. The monoisotopic (exact) mass is 494 g/mol. The van der Waals surface area contributed by atoms with Gasteiger partial charge in [-0.3, -0.25) is 9.79 Å². The number of carbonyl (C=O) groups is 1. The van der Waals surface area contributed by atoms with E-state index in [2.05, 4.69) is 35.9 Å². The summed E-state index contributed by atoms with van der Waals surface area (Å²) in [5, 5.41) is 3.43. The molecule has 1 N–H and O–H groups in total. The summed E-state index contributed by atoms with van der Waals surface area (Å²) in [5.41, 5.74) is 0. The van der Waals surface area contributed by atoms with Crippen molar-refractivity contribution in [3.8, 4) is 0 Å². The number of guanidine groups is 1. The number of aliphatic imine (C=N–C) groups is 1. The van der Waals surface area contributed by atoms with Gasteiger partial charge >= 0.3 is 5.97 Å². The minimum Gasteiger partial charge on any atom is -0.466 e. The van der Waals surface area contributed by atoms with Gasteiger partial charge in [0.25, 0.3) is 0 Å². The highest BCUT2D eigenvalue weighted by Gasteiger charge is 2.29. The number of nitrogens with one attached hydrogen (secondary N) is 1. The van der Waals surface area contributed by atoms with E-state index >= 15 is 0 Å². The number of nitrogens with zero attached hydrogens (tertiary/aromatic N) is 3. The van der Waals surface area contributed by atoms with Gasteiger partial charge < -0.3 is 19.9 Å². The Morgan fingerprint density at radius 1 is 1.19 bits per heavy atom. The van der Waals surface area contributed by atoms with Crippen molar-refractivity contribution >= 4 is 35.9 Å².